The van der Waals surface area contributed by atoms with Gasteiger partial charge < -0.3 is 51.3 Å². The number of hydrogen-bond acceptors (Lipinski definition) is 13. The number of aryl methyl sites for hydroxylation is 2. The van der Waals surface area contributed by atoms with Crippen LogP contribution in [0, 0.1) is 39.3 Å². The first-order valence-electron chi connectivity index (χ1n) is 22.8. The molecule has 7 heterocycles. The van der Waals surface area contributed by atoms with Gasteiger partial charge in [0.1, 0.15) is 18.0 Å². The van der Waals surface area contributed by atoms with E-state index < -0.39 is 11.9 Å². The number of rotatable bonds is 11. The van der Waals surface area contributed by atoms with Crippen molar-refractivity contribution in [2.75, 3.05) is 89.4 Å². The van der Waals surface area contributed by atoms with Crippen molar-refractivity contribution in [3.05, 3.63) is 123 Å². The van der Waals surface area contributed by atoms with E-state index in [-0.39, 0.29) is 42.1 Å². The summed E-state index contributed by atoms with van der Waals surface area (Å²) >= 11 is 0. The molecule has 0 saturated carbocycles. The topological polar surface area (TPSA) is 262 Å². The van der Waals surface area contributed by atoms with Gasteiger partial charge in [0.05, 0.1) is 67.5 Å². The van der Waals surface area contributed by atoms with Crippen molar-refractivity contribution in [2.24, 2.45) is 5.73 Å². The molecule has 9 rings (SSSR count). The highest BCUT2D eigenvalue weighted by atomic mass is 19.1. The molecule has 4 aliphatic heterocycles. The fourth-order valence-electron chi connectivity index (χ4n) is 8.23. The molecule has 0 unspecified atom stereocenters. The number of ether oxygens (including phenoxy) is 2. The van der Waals surface area contributed by atoms with Crippen LogP contribution in [0.1, 0.15) is 70.5 Å². The lowest BCUT2D eigenvalue weighted by Gasteiger charge is -2.28. The van der Waals surface area contributed by atoms with Crippen LogP contribution >= 0.6 is 0 Å². The van der Waals surface area contributed by atoms with Gasteiger partial charge in [-0.3, -0.25) is 38.3 Å². The van der Waals surface area contributed by atoms with Crippen molar-refractivity contribution >= 4 is 52.9 Å². The van der Waals surface area contributed by atoms with Gasteiger partial charge in [0.15, 0.2) is 6.29 Å². The Kier molecular flexibility index (Phi) is 18.6. The van der Waals surface area contributed by atoms with E-state index in [9.17, 15) is 43.0 Å². The summed E-state index contributed by atoms with van der Waals surface area (Å²) < 4.78 is 38.1. The quantitative estimate of drug-likeness (QED) is 0.0701. The number of carbonyl (C=O) groups excluding carboxylic acids is 5. The van der Waals surface area contributed by atoms with Crippen LogP contribution in [-0.4, -0.2) is 160 Å². The second-order valence-corrected chi connectivity index (χ2v) is 17.0. The van der Waals surface area contributed by atoms with Crippen LogP contribution in [0.15, 0.2) is 55.1 Å². The lowest BCUT2D eigenvalue weighted by molar-refractivity contribution is -0.115. The average molecular weight is 971 g/mol. The van der Waals surface area contributed by atoms with Gasteiger partial charge in [-0.25, -0.2) is 13.8 Å². The van der Waals surface area contributed by atoms with Crippen LogP contribution in [0.4, 0.5) is 20.2 Å². The molecule has 2 atom stereocenters. The summed E-state index contributed by atoms with van der Waals surface area (Å²) in [7, 11) is 0. The smallest absolute Gasteiger partial charge is 0.265 e. The Bertz CT molecular complexity index is 2670. The summed E-state index contributed by atoms with van der Waals surface area (Å²) in [6, 6.07) is 8.43. The average Bonchev–Trinajstić information content (AvgIpc) is 4.18. The van der Waals surface area contributed by atoms with E-state index in [2.05, 4.69) is 40.7 Å². The van der Waals surface area contributed by atoms with Crippen molar-refractivity contribution in [3.63, 3.8) is 0 Å². The number of aliphatic hydroxyl groups excluding tert-OH is 2. The molecular weight excluding hydrogens is 911 g/mol. The predicted molar refractivity (Wildman–Crippen MR) is 257 cm³/mol. The fourth-order valence-corrected chi connectivity index (χ4v) is 8.23. The van der Waals surface area contributed by atoms with Crippen LogP contribution in [0.3, 0.4) is 0 Å². The van der Waals surface area contributed by atoms with E-state index in [4.69, 9.17) is 15.2 Å². The van der Waals surface area contributed by atoms with Gasteiger partial charge in [-0.15, -0.1) is 0 Å². The summed E-state index contributed by atoms with van der Waals surface area (Å²) in [5.41, 5.74) is 12.9. The maximum Gasteiger partial charge on any atom is 0.265 e. The van der Waals surface area contributed by atoms with E-state index in [1.54, 1.807) is 46.0 Å². The number of carbonyl (C=O) groups is 5. The van der Waals surface area contributed by atoms with Crippen molar-refractivity contribution in [1.82, 2.24) is 34.6 Å². The summed E-state index contributed by atoms with van der Waals surface area (Å²) in [5, 5.41) is 27.6. The van der Waals surface area contributed by atoms with E-state index in [0.29, 0.717) is 107 Å². The molecule has 4 aliphatic rings. The van der Waals surface area contributed by atoms with Crippen molar-refractivity contribution in [3.8, 4) is 0 Å². The minimum Gasteiger partial charge on any atom is -0.390 e. The van der Waals surface area contributed by atoms with E-state index in [1.165, 1.54) is 47.4 Å². The molecule has 0 aliphatic carbocycles. The minimum atomic E-state index is -0.688. The molecule has 2 fully saturated rings. The number of fused-ring (bicyclic) bond motifs is 2. The number of β-amino-alcohol motifs (C(OH)–C–C–N with tert-alkyl or cyclic N) is 2. The molecule has 70 heavy (non-hydrogen) atoms. The van der Waals surface area contributed by atoms with E-state index >= 15 is 0 Å². The molecule has 0 radical (unpaired) electrons. The van der Waals surface area contributed by atoms with Crippen molar-refractivity contribution in [2.45, 2.75) is 46.3 Å². The maximum absolute atomic E-state index is 13.7. The number of amides is 3. The zero-order chi connectivity index (χ0) is 50.5. The van der Waals surface area contributed by atoms with Gasteiger partial charge in [0.2, 0.25) is 5.91 Å². The fraction of sp³-hybridized carbons (Fsp3) is 0.388. The van der Waals surface area contributed by atoms with Gasteiger partial charge in [-0.2, -0.15) is 0 Å². The summed E-state index contributed by atoms with van der Waals surface area (Å²) in [6.07, 6.45) is 6.13. The number of halogens is 2. The van der Waals surface area contributed by atoms with Gasteiger partial charge in [-0.1, -0.05) is 0 Å². The number of nitrogens with zero attached hydrogens (tertiary/aromatic N) is 4. The number of nitrogens with two attached hydrogens (primary N) is 1. The number of anilines is 2. The zero-order valence-electron chi connectivity index (χ0n) is 39.6. The highest BCUT2D eigenvalue weighted by molar-refractivity contribution is 6.35. The molecular formula is C49H60F2N10O9. The van der Waals surface area contributed by atoms with Gasteiger partial charge >= 0.3 is 0 Å². The van der Waals surface area contributed by atoms with Crippen LogP contribution in [0.2, 0.25) is 0 Å². The predicted octanol–water partition coefficient (Wildman–Crippen LogP) is 2.97. The van der Waals surface area contributed by atoms with Crippen molar-refractivity contribution in [1.29, 1.82) is 0 Å². The molecule has 2 saturated heterocycles. The Labute approximate surface area is 403 Å². The number of aromatic amines is 2. The van der Waals surface area contributed by atoms with Crippen LogP contribution < -0.4 is 21.7 Å². The number of aromatic nitrogens is 4. The Morgan fingerprint density at radius 1 is 0.829 bits per heavy atom. The third-order valence-electron chi connectivity index (χ3n) is 11.9. The second kappa shape index (κ2) is 24.7. The number of aliphatic hydroxyl groups is 2. The molecule has 9 N–H and O–H groups in total. The van der Waals surface area contributed by atoms with Gasteiger partial charge in [-0.05, 0) is 86.9 Å². The molecule has 3 amide bonds. The molecule has 21 heteroatoms. The number of morpholine rings is 2. The molecule has 374 valence electrons. The van der Waals surface area contributed by atoms with Crippen LogP contribution in [0.5, 0.6) is 0 Å². The van der Waals surface area contributed by atoms with E-state index in [1.807, 2.05) is 0 Å². The first-order chi connectivity index (χ1) is 33.6. The number of nitrogens with one attached hydrogen (secondary N) is 5. The Morgan fingerprint density at radius 2 is 1.41 bits per heavy atom. The van der Waals surface area contributed by atoms with Crippen LogP contribution in [-0.2, 0) is 25.5 Å². The highest BCUT2D eigenvalue weighted by Gasteiger charge is 2.27. The molecule has 3 aromatic heterocycles. The maximum atomic E-state index is 13.7. The largest absolute Gasteiger partial charge is 0.390 e. The number of aldehydes is 1. The SMILES string of the molecule is Cc1[nH]c(/C=C2\C(=O)Nc3ccc(F)cc32)c(C)c1C(=O)NC[C@@H](O)CN1CCOCC1.Cc1[nH]c(C=O)c(C)c1C(=O)n1ccnc1.NC[C@@H](O)CN1CCOCC1.O=C1Cc2cc(F)ccc2N1. The molecule has 2 aromatic carbocycles. The molecule has 0 bridgehead atoms. The summed E-state index contributed by atoms with van der Waals surface area (Å²) in [4.78, 5) is 72.9. The van der Waals surface area contributed by atoms with Crippen LogP contribution in [0.25, 0.3) is 11.6 Å². The third kappa shape index (κ3) is 13.7. The van der Waals surface area contributed by atoms with Gasteiger partial charge in [0, 0.05) is 98.8 Å². The molecule has 19 nitrogen and oxygen atoms in total. The first kappa shape index (κ1) is 52.6. The molecule has 0 spiro atoms. The third-order valence-corrected chi connectivity index (χ3v) is 11.9. The lowest BCUT2D eigenvalue weighted by atomic mass is 10.0. The minimum absolute atomic E-state index is 0.0643. The van der Waals surface area contributed by atoms with Crippen molar-refractivity contribution < 1.29 is 52.4 Å². The summed E-state index contributed by atoms with van der Waals surface area (Å²) in [5.74, 6) is -1.59. The summed E-state index contributed by atoms with van der Waals surface area (Å²) in [6.45, 7) is 14.9. The molecule has 5 aromatic rings. The zero-order valence-corrected chi connectivity index (χ0v) is 39.6. The Hall–Kier alpha value is -6.72. The standard InChI is InChI=1S/C23H27FN4O4.C11H11N3O2.C8H6FNO.C7H16N2O2/c1-13-20(10-18-17-9-15(24)3-4-19(17)27-22(18)30)26-14(2)21(13)23(31)25-11-16(29)12-28-5-7-32-8-6-28;1-7-9(5-15)13-8(2)10(7)11(16)14-4-3-12-6-14;9-6-1-2-7-5(3-6)4-8(11)10-7;8-5-7(10)6-9-1-3-11-4-2-9/h3-4,9-10,16,26,29H,5-8,11-12H2,1-2H3,(H,25,31)(H,27,30);3-6,13H,1-2H3;1-3H,4H2,(H,10,11);7,10H,1-6,8H2/b18-10-;;;/t16-;;;7-/m1..1/s1. The normalized spacial score (nSPS) is 16.8. The van der Waals surface area contributed by atoms with E-state index in [0.717, 1.165) is 50.6 Å². The van der Waals surface area contributed by atoms with Gasteiger partial charge in [0.25, 0.3) is 17.7 Å². The first-order valence-corrected chi connectivity index (χ1v) is 22.8. The lowest BCUT2D eigenvalue weighted by Crippen LogP contribution is -2.44. The number of imidazole rings is 1. The number of benzene rings is 2. The number of H-pyrrole nitrogens is 2. The Morgan fingerprint density at radius 3 is 2.01 bits per heavy atom. The monoisotopic (exact) mass is 970 g/mol. The Balaban J connectivity index is 0.000000174. The second-order valence-electron chi connectivity index (χ2n) is 17.0. The number of hydrogen-bond donors (Lipinski definition) is 8. The highest BCUT2D eigenvalue weighted by Crippen LogP contribution is 2.34.